The van der Waals surface area contributed by atoms with Crippen LogP contribution in [0.4, 0.5) is 0 Å². The Morgan fingerprint density at radius 1 is 1.88 bits per heavy atom. The number of allylic oxidation sites excluding steroid dienone is 1. The molecule has 3 nitrogen and oxygen atoms in total. The number of amides is 1. The Kier molecular flexibility index (Phi) is 3.28. The first-order valence-corrected chi connectivity index (χ1v) is 1.88. The summed E-state index contributed by atoms with van der Waals surface area (Å²) in [5, 5.41) is 7.84. The summed E-state index contributed by atoms with van der Waals surface area (Å²) in [6.45, 7) is 0. The average molecular weight is 111 g/mol. The van der Waals surface area contributed by atoms with Crippen LogP contribution in [0.5, 0.6) is 0 Å². The van der Waals surface area contributed by atoms with Crippen LogP contribution < -0.4 is 5.48 Å². The molecule has 0 aliphatic rings. The van der Waals surface area contributed by atoms with Crippen molar-refractivity contribution < 1.29 is 10.0 Å². The summed E-state index contributed by atoms with van der Waals surface area (Å²) in [4.78, 5) is 10.0. The standard InChI is InChI=1S/C5H5NO2/c1-2-3-4-5(7)6-8/h1,3-4,8H,(H,6,7)/b4-3+. The maximum absolute atomic E-state index is 10.0. The van der Waals surface area contributed by atoms with E-state index in [1.807, 2.05) is 0 Å². The molecule has 0 radical (unpaired) electrons. The smallest absolute Gasteiger partial charge is 0.267 e. The summed E-state index contributed by atoms with van der Waals surface area (Å²) in [6, 6.07) is 0. The fourth-order valence-electron chi connectivity index (χ4n) is 0.161. The van der Waals surface area contributed by atoms with Crippen LogP contribution in [0.15, 0.2) is 12.2 Å². The number of nitrogens with one attached hydrogen (secondary N) is 1. The highest BCUT2D eigenvalue weighted by Gasteiger charge is 1.84. The van der Waals surface area contributed by atoms with Gasteiger partial charge in [0.15, 0.2) is 0 Å². The Labute approximate surface area is 47.0 Å². The molecule has 0 aliphatic heterocycles. The van der Waals surface area contributed by atoms with E-state index in [2.05, 4.69) is 5.92 Å². The molecule has 0 rings (SSSR count). The molecule has 0 bridgehead atoms. The minimum atomic E-state index is -0.622. The van der Waals surface area contributed by atoms with Crippen molar-refractivity contribution in [2.24, 2.45) is 0 Å². The number of rotatable bonds is 1. The molecule has 0 aromatic carbocycles. The van der Waals surface area contributed by atoms with E-state index in [4.69, 9.17) is 11.6 Å². The molecule has 2 N–H and O–H groups in total. The summed E-state index contributed by atoms with van der Waals surface area (Å²) >= 11 is 0. The van der Waals surface area contributed by atoms with Crippen molar-refractivity contribution in [1.82, 2.24) is 5.48 Å². The van der Waals surface area contributed by atoms with Crippen LogP contribution in [-0.2, 0) is 4.79 Å². The lowest BCUT2D eigenvalue weighted by Crippen LogP contribution is -2.14. The van der Waals surface area contributed by atoms with Crippen LogP contribution in [0.3, 0.4) is 0 Å². The van der Waals surface area contributed by atoms with E-state index < -0.39 is 5.91 Å². The van der Waals surface area contributed by atoms with E-state index in [1.54, 1.807) is 0 Å². The zero-order valence-electron chi connectivity index (χ0n) is 4.09. The van der Waals surface area contributed by atoms with Gasteiger partial charge in [0, 0.05) is 6.08 Å². The van der Waals surface area contributed by atoms with Crippen LogP contribution in [0.1, 0.15) is 0 Å². The second-order valence-electron chi connectivity index (χ2n) is 0.976. The van der Waals surface area contributed by atoms with Crippen molar-refractivity contribution in [3.63, 3.8) is 0 Å². The summed E-state index contributed by atoms with van der Waals surface area (Å²) in [5.41, 5.74) is 1.38. The summed E-state index contributed by atoms with van der Waals surface area (Å²) in [7, 11) is 0. The van der Waals surface area contributed by atoms with Crippen LogP contribution in [0.2, 0.25) is 0 Å². The van der Waals surface area contributed by atoms with Crippen LogP contribution in [-0.4, -0.2) is 11.1 Å². The lowest BCUT2D eigenvalue weighted by molar-refractivity contribution is -0.124. The quantitative estimate of drug-likeness (QED) is 0.211. The number of carbonyl (C=O) groups excluding carboxylic acids is 1. The molecule has 42 valence electrons. The molecule has 0 aliphatic carbocycles. The molecule has 0 atom stereocenters. The van der Waals surface area contributed by atoms with Gasteiger partial charge in [-0.2, -0.15) is 0 Å². The number of terminal acetylenes is 1. The van der Waals surface area contributed by atoms with E-state index in [9.17, 15) is 4.79 Å². The first-order chi connectivity index (χ1) is 3.81. The third-order valence-corrected chi connectivity index (χ3v) is 0.441. The highest BCUT2D eigenvalue weighted by atomic mass is 16.5. The predicted octanol–water partition coefficient (Wildman–Crippen LogP) is -0.319. The molecule has 0 unspecified atom stereocenters. The second-order valence-corrected chi connectivity index (χ2v) is 0.976. The monoisotopic (exact) mass is 111 g/mol. The van der Waals surface area contributed by atoms with Gasteiger partial charge in [0.05, 0.1) is 0 Å². The number of carbonyl (C=O) groups is 1. The van der Waals surface area contributed by atoms with Gasteiger partial charge in [0.25, 0.3) is 5.91 Å². The van der Waals surface area contributed by atoms with Gasteiger partial charge < -0.3 is 0 Å². The Hall–Kier alpha value is -1.27. The fraction of sp³-hybridized carbons (Fsp3) is 0. The van der Waals surface area contributed by atoms with Gasteiger partial charge in [-0.3, -0.25) is 10.0 Å². The molecular formula is C5H5NO2. The average Bonchev–Trinajstić information content (AvgIpc) is 1.83. The van der Waals surface area contributed by atoms with E-state index in [1.165, 1.54) is 11.6 Å². The van der Waals surface area contributed by atoms with Gasteiger partial charge >= 0.3 is 0 Å². The van der Waals surface area contributed by atoms with E-state index in [0.29, 0.717) is 0 Å². The second kappa shape index (κ2) is 3.90. The first kappa shape index (κ1) is 6.73. The van der Waals surface area contributed by atoms with E-state index in [0.717, 1.165) is 6.08 Å². The minimum Gasteiger partial charge on any atom is -0.288 e. The summed E-state index contributed by atoms with van der Waals surface area (Å²) in [5.74, 6) is 1.46. The molecule has 8 heavy (non-hydrogen) atoms. The van der Waals surface area contributed by atoms with Gasteiger partial charge in [-0.1, -0.05) is 5.92 Å². The van der Waals surface area contributed by atoms with E-state index in [-0.39, 0.29) is 0 Å². The van der Waals surface area contributed by atoms with Crippen molar-refractivity contribution in [2.75, 3.05) is 0 Å². The minimum absolute atomic E-state index is 0.622. The SMILES string of the molecule is C#C/C=C/C(=O)NO. The molecule has 0 aromatic rings. The zero-order chi connectivity index (χ0) is 6.41. The normalized spacial score (nSPS) is 8.50. The van der Waals surface area contributed by atoms with Crippen LogP contribution >= 0.6 is 0 Å². The molecule has 0 aromatic heterocycles. The Balaban J connectivity index is 3.57. The van der Waals surface area contributed by atoms with Gasteiger partial charge in [-0.15, -0.1) is 6.42 Å². The molecule has 0 fully saturated rings. The first-order valence-electron chi connectivity index (χ1n) is 1.88. The van der Waals surface area contributed by atoms with Crippen molar-refractivity contribution in [3.8, 4) is 12.3 Å². The highest BCUT2D eigenvalue weighted by Crippen LogP contribution is 1.66. The van der Waals surface area contributed by atoms with Gasteiger partial charge in [-0.05, 0) is 6.08 Å². The highest BCUT2D eigenvalue weighted by molar-refractivity contribution is 5.86. The van der Waals surface area contributed by atoms with Crippen molar-refractivity contribution in [3.05, 3.63) is 12.2 Å². The zero-order valence-corrected chi connectivity index (χ0v) is 4.09. The van der Waals surface area contributed by atoms with Gasteiger partial charge in [0.1, 0.15) is 0 Å². The topological polar surface area (TPSA) is 49.3 Å². The Morgan fingerprint density at radius 3 is 2.88 bits per heavy atom. The number of hydrogen-bond acceptors (Lipinski definition) is 2. The molecule has 1 amide bonds. The van der Waals surface area contributed by atoms with Crippen LogP contribution in [0.25, 0.3) is 0 Å². The lowest BCUT2D eigenvalue weighted by Gasteiger charge is -1.82. The predicted molar refractivity (Wildman–Crippen MR) is 27.9 cm³/mol. The Morgan fingerprint density at radius 2 is 2.50 bits per heavy atom. The maximum atomic E-state index is 10.0. The molecule has 0 heterocycles. The van der Waals surface area contributed by atoms with Crippen molar-refractivity contribution >= 4 is 5.91 Å². The lowest BCUT2D eigenvalue weighted by atomic mass is 10.5. The summed E-state index contributed by atoms with van der Waals surface area (Å²) < 4.78 is 0. The maximum Gasteiger partial charge on any atom is 0.267 e. The third-order valence-electron chi connectivity index (χ3n) is 0.441. The molecule has 0 saturated carbocycles. The summed E-state index contributed by atoms with van der Waals surface area (Å²) in [6.07, 6.45) is 6.96. The molecule has 0 saturated heterocycles. The van der Waals surface area contributed by atoms with Gasteiger partial charge in [0.2, 0.25) is 0 Å². The molecular weight excluding hydrogens is 106 g/mol. The van der Waals surface area contributed by atoms with Gasteiger partial charge in [-0.25, -0.2) is 5.48 Å². The van der Waals surface area contributed by atoms with E-state index >= 15 is 0 Å². The molecule has 0 spiro atoms. The third kappa shape index (κ3) is 2.94. The Bertz CT molecular complexity index is 143. The number of hydroxylamine groups is 1. The van der Waals surface area contributed by atoms with Crippen molar-refractivity contribution in [2.45, 2.75) is 0 Å². The van der Waals surface area contributed by atoms with Crippen LogP contribution in [0, 0.1) is 12.3 Å². The van der Waals surface area contributed by atoms with Crippen molar-refractivity contribution in [1.29, 1.82) is 0 Å². The largest absolute Gasteiger partial charge is 0.288 e. The number of hydrogen-bond donors (Lipinski definition) is 2. The fourth-order valence-corrected chi connectivity index (χ4v) is 0.161. The molecule has 3 heteroatoms.